The summed E-state index contributed by atoms with van der Waals surface area (Å²) in [6.07, 6.45) is 2.12. The predicted molar refractivity (Wildman–Crippen MR) is 193 cm³/mol. The van der Waals surface area contributed by atoms with Crippen LogP contribution in [0.3, 0.4) is 0 Å². The van der Waals surface area contributed by atoms with Crippen LogP contribution in [0, 0.1) is 0 Å². The zero-order valence-electron chi connectivity index (χ0n) is 25.9. The fourth-order valence-corrected chi connectivity index (χ4v) is 5.94. The fourth-order valence-electron chi connectivity index (χ4n) is 4.97. The molecule has 7 aromatic rings. The maximum absolute atomic E-state index is 5.82. The lowest BCUT2D eigenvalue weighted by Crippen LogP contribution is -2.07. The van der Waals surface area contributed by atoms with Crippen molar-refractivity contribution >= 4 is 56.5 Å². The van der Waals surface area contributed by atoms with Crippen LogP contribution in [0.4, 0.5) is 34.9 Å². The van der Waals surface area contributed by atoms with E-state index in [1.165, 1.54) is 4.70 Å². The molecule has 0 bridgehead atoms. The van der Waals surface area contributed by atoms with Crippen molar-refractivity contribution in [2.24, 2.45) is 0 Å². The van der Waals surface area contributed by atoms with Gasteiger partial charge in [0.15, 0.2) is 0 Å². The topological polar surface area (TPSA) is 96.9 Å². The molecule has 9 heteroatoms. The number of hydrogen-bond acceptors (Lipinski definition) is 9. The van der Waals surface area contributed by atoms with Gasteiger partial charge >= 0.3 is 0 Å². The van der Waals surface area contributed by atoms with E-state index in [9.17, 15) is 0 Å². The Balaban J connectivity index is 1.12. The molecule has 0 saturated heterocycles. The number of anilines is 6. The van der Waals surface area contributed by atoms with Crippen molar-refractivity contribution in [2.45, 2.75) is 19.8 Å². The Hall–Kier alpha value is -5.80. The van der Waals surface area contributed by atoms with Crippen LogP contribution in [0.5, 0.6) is 5.75 Å². The first-order valence-electron chi connectivity index (χ1n) is 15.6. The molecule has 47 heavy (non-hydrogen) atoms. The number of aromatic nitrogens is 4. The van der Waals surface area contributed by atoms with E-state index < -0.39 is 0 Å². The van der Waals surface area contributed by atoms with Crippen LogP contribution in [0.1, 0.15) is 19.8 Å². The van der Waals surface area contributed by atoms with Crippen molar-refractivity contribution in [3.63, 3.8) is 0 Å². The molecule has 7 rings (SSSR count). The summed E-state index contributed by atoms with van der Waals surface area (Å²) in [4.78, 5) is 18.9. The molecule has 0 spiro atoms. The summed E-state index contributed by atoms with van der Waals surface area (Å²) < 4.78 is 6.99. The molecule has 0 atom stereocenters. The number of benzene rings is 5. The van der Waals surface area contributed by atoms with Crippen LogP contribution >= 0.6 is 11.3 Å². The Kier molecular flexibility index (Phi) is 8.96. The SMILES string of the molecule is CCCCOc1ccc(Nc2nc(Nc3ccc(-c4ccccc4)cc3)nc(Nc3ccc(-c4nc5ccccc5s4)cc3)n2)cc1. The van der Waals surface area contributed by atoms with E-state index in [0.717, 1.165) is 62.9 Å². The first-order valence-corrected chi connectivity index (χ1v) is 16.4. The number of fused-ring (bicyclic) bond motifs is 1. The van der Waals surface area contributed by atoms with Crippen LogP contribution in [0.15, 0.2) is 127 Å². The molecule has 0 amide bonds. The summed E-state index contributed by atoms with van der Waals surface area (Å²) in [7, 11) is 0. The van der Waals surface area contributed by atoms with Gasteiger partial charge in [-0.15, -0.1) is 11.3 Å². The summed E-state index contributed by atoms with van der Waals surface area (Å²) >= 11 is 1.68. The molecule has 0 aliphatic heterocycles. The van der Waals surface area contributed by atoms with Gasteiger partial charge in [0, 0.05) is 22.6 Å². The monoisotopic (exact) mass is 635 g/mol. The van der Waals surface area contributed by atoms with E-state index in [1.807, 2.05) is 84.9 Å². The second-order valence-electron chi connectivity index (χ2n) is 10.9. The number of para-hydroxylation sites is 1. The van der Waals surface area contributed by atoms with E-state index in [2.05, 4.69) is 75.3 Å². The first-order chi connectivity index (χ1) is 23.2. The third-order valence-electron chi connectivity index (χ3n) is 7.44. The minimum Gasteiger partial charge on any atom is -0.494 e. The van der Waals surface area contributed by atoms with E-state index in [1.54, 1.807) is 11.3 Å². The van der Waals surface area contributed by atoms with Crippen molar-refractivity contribution in [3.8, 4) is 27.4 Å². The van der Waals surface area contributed by atoms with E-state index >= 15 is 0 Å². The highest BCUT2D eigenvalue weighted by atomic mass is 32.1. The maximum atomic E-state index is 5.82. The van der Waals surface area contributed by atoms with Gasteiger partial charge in [0.2, 0.25) is 17.8 Å². The Morgan fingerprint density at radius 2 is 1.04 bits per heavy atom. The van der Waals surface area contributed by atoms with E-state index in [4.69, 9.17) is 14.7 Å². The molecule has 0 saturated carbocycles. The van der Waals surface area contributed by atoms with Crippen LogP contribution in [-0.2, 0) is 0 Å². The summed E-state index contributed by atoms with van der Waals surface area (Å²) in [5.41, 5.74) is 6.90. The molecular formula is C38H33N7OS. The standard InChI is InChI=1S/C38H33N7OS/c1-2-3-25-46-32-23-21-31(22-24-32)41-38-44-36(39-29-17-13-27(14-18-29)26-9-5-4-6-10-26)43-37(45-38)40-30-19-15-28(16-20-30)35-42-33-11-7-8-12-34(33)47-35/h4-24H,2-3,25H2,1H3,(H3,39,40,41,43,44,45). The predicted octanol–water partition coefficient (Wildman–Crippen LogP) is 10.2. The highest BCUT2D eigenvalue weighted by Crippen LogP contribution is 2.31. The van der Waals surface area contributed by atoms with Gasteiger partial charge < -0.3 is 20.7 Å². The largest absolute Gasteiger partial charge is 0.494 e. The molecule has 0 radical (unpaired) electrons. The number of thiazole rings is 1. The fraction of sp³-hybridized carbons (Fsp3) is 0.105. The average molecular weight is 636 g/mol. The molecule has 8 nitrogen and oxygen atoms in total. The lowest BCUT2D eigenvalue weighted by atomic mass is 10.1. The van der Waals surface area contributed by atoms with Crippen LogP contribution < -0.4 is 20.7 Å². The molecule has 2 heterocycles. The minimum absolute atomic E-state index is 0.400. The van der Waals surface area contributed by atoms with Crippen LogP contribution in [0.25, 0.3) is 31.9 Å². The molecular weight excluding hydrogens is 603 g/mol. The average Bonchev–Trinajstić information content (AvgIpc) is 3.55. The van der Waals surface area contributed by atoms with Gasteiger partial charge in [-0.05, 0) is 90.3 Å². The number of ether oxygens (including phenoxy) is 1. The van der Waals surface area contributed by atoms with Gasteiger partial charge in [-0.25, -0.2) is 4.98 Å². The highest BCUT2D eigenvalue weighted by molar-refractivity contribution is 7.21. The van der Waals surface area contributed by atoms with Crippen LogP contribution in [-0.4, -0.2) is 26.5 Å². The summed E-state index contributed by atoms with van der Waals surface area (Å²) in [5.74, 6) is 2.04. The van der Waals surface area contributed by atoms with Crippen molar-refractivity contribution in [1.29, 1.82) is 0 Å². The molecule has 232 valence electrons. The number of nitrogens with zero attached hydrogens (tertiary/aromatic N) is 4. The Bertz CT molecular complexity index is 2030. The van der Waals surface area contributed by atoms with Crippen molar-refractivity contribution in [1.82, 2.24) is 19.9 Å². The van der Waals surface area contributed by atoms with Gasteiger partial charge in [-0.1, -0.05) is 67.9 Å². The van der Waals surface area contributed by atoms with Gasteiger partial charge in [0.1, 0.15) is 10.8 Å². The van der Waals surface area contributed by atoms with Gasteiger partial charge in [0.25, 0.3) is 0 Å². The second kappa shape index (κ2) is 14.1. The number of rotatable bonds is 12. The molecule has 0 fully saturated rings. The number of unbranched alkanes of at least 4 members (excludes halogenated alkanes) is 1. The van der Waals surface area contributed by atoms with E-state index in [0.29, 0.717) is 24.5 Å². The molecule has 0 aliphatic carbocycles. The number of hydrogen-bond donors (Lipinski definition) is 3. The quantitative estimate of drug-likeness (QED) is 0.114. The highest BCUT2D eigenvalue weighted by Gasteiger charge is 2.11. The summed E-state index contributed by atoms with van der Waals surface area (Å²) in [6.45, 7) is 2.85. The van der Waals surface area contributed by atoms with Crippen molar-refractivity contribution in [3.05, 3.63) is 127 Å². The smallest absolute Gasteiger partial charge is 0.233 e. The van der Waals surface area contributed by atoms with Crippen molar-refractivity contribution in [2.75, 3.05) is 22.6 Å². The lowest BCUT2D eigenvalue weighted by Gasteiger charge is -2.12. The van der Waals surface area contributed by atoms with Crippen LogP contribution in [0.2, 0.25) is 0 Å². The normalized spacial score (nSPS) is 10.9. The van der Waals surface area contributed by atoms with Crippen molar-refractivity contribution < 1.29 is 4.74 Å². The van der Waals surface area contributed by atoms with Gasteiger partial charge in [-0.2, -0.15) is 15.0 Å². The molecule has 5 aromatic carbocycles. The minimum atomic E-state index is 0.400. The van der Waals surface area contributed by atoms with Gasteiger partial charge in [0.05, 0.1) is 16.8 Å². The molecule has 3 N–H and O–H groups in total. The van der Waals surface area contributed by atoms with Gasteiger partial charge in [-0.3, -0.25) is 0 Å². The van der Waals surface area contributed by atoms with E-state index in [-0.39, 0.29) is 0 Å². The third-order valence-corrected chi connectivity index (χ3v) is 8.53. The summed E-state index contributed by atoms with van der Waals surface area (Å²) in [5, 5.41) is 11.0. The zero-order valence-corrected chi connectivity index (χ0v) is 26.7. The Labute approximate surface area is 277 Å². The third kappa shape index (κ3) is 7.54. The zero-order chi connectivity index (χ0) is 31.8. The first kappa shape index (κ1) is 29.9. The Morgan fingerprint density at radius 3 is 1.62 bits per heavy atom. The number of nitrogens with one attached hydrogen (secondary N) is 3. The molecule has 2 aromatic heterocycles. The second-order valence-corrected chi connectivity index (χ2v) is 11.9. The molecule has 0 aliphatic rings. The summed E-state index contributed by atoms with van der Waals surface area (Å²) in [6, 6.07) is 42.6. The molecule has 0 unspecified atom stereocenters. The Morgan fingerprint density at radius 1 is 0.532 bits per heavy atom. The maximum Gasteiger partial charge on any atom is 0.233 e. The lowest BCUT2D eigenvalue weighted by molar-refractivity contribution is 0.309.